The Hall–Kier alpha value is -4.27. The third-order valence-corrected chi connectivity index (χ3v) is 8.64. The number of benzene rings is 2. The summed E-state index contributed by atoms with van der Waals surface area (Å²) in [5, 5.41) is 0.132. The fraction of sp³-hybridized carbons (Fsp3) is 0.129. The molecule has 7 nitrogen and oxygen atoms in total. The summed E-state index contributed by atoms with van der Waals surface area (Å²) in [6.45, 7) is 2.03. The van der Waals surface area contributed by atoms with Crippen molar-refractivity contribution in [1.29, 1.82) is 0 Å². The Balaban J connectivity index is 1.27. The minimum absolute atomic E-state index is 0.0128. The summed E-state index contributed by atoms with van der Waals surface area (Å²) >= 11 is 6.04. The highest BCUT2D eigenvalue weighted by Crippen LogP contribution is 2.24. The number of rotatable bonds is 9. The maximum atomic E-state index is 13.1. The minimum Gasteiger partial charge on any atom is -0.294 e. The normalized spacial score (nSPS) is 11.3. The first-order valence-corrected chi connectivity index (χ1v) is 14.6. The van der Waals surface area contributed by atoms with E-state index in [1.165, 1.54) is 18.5 Å². The molecule has 0 saturated heterocycles. The number of nitrogens with zero attached hydrogens (tertiary/aromatic N) is 4. The average Bonchev–Trinajstić information content (AvgIpc) is 2.96. The monoisotopic (exact) mass is 568 g/mol. The fourth-order valence-electron chi connectivity index (χ4n) is 4.32. The number of carbonyl (C=O) groups excluding carboxylic acids is 1. The van der Waals surface area contributed by atoms with E-state index in [2.05, 4.69) is 15.0 Å². The van der Waals surface area contributed by atoms with Gasteiger partial charge in [0.05, 0.1) is 16.5 Å². The molecule has 0 N–H and O–H groups in total. The van der Waals surface area contributed by atoms with Crippen LogP contribution in [0.1, 0.15) is 38.4 Å². The second-order valence-corrected chi connectivity index (χ2v) is 11.8. The van der Waals surface area contributed by atoms with Crippen LogP contribution >= 0.6 is 11.6 Å². The van der Waals surface area contributed by atoms with E-state index in [1.807, 2.05) is 43.3 Å². The van der Waals surface area contributed by atoms with E-state index in [1.54, 1.807) is 42.9 Å². The van der Waals surface area contributed by atoms with Crippen LogP contribution in [-0.4, -0.2) is 34.1 Å². The summed E-state index contributed by atoms with van der Waals surface area (Å²) in [7, 11) is -3.67. The molecule has 0 amide bonds. The number of aromatic nitrogens is 4. The maximum Gasteiger partial charge on any atom is 0.185 e. The summed E-state index contributed by atoms with van der Waals surface area (Å²) in [5.41, 5.74) is 5.81. The first-order valence-electron chi connectivity index (χ1n) is 12.5. The first-order chi connectivity index (χ1) is 19.3. The van der Waals surface area contributed by atoms with Crippen LogP contribution in [0.4, 0.5) is 0 Å². The highest BCUT2D eigenvalue weighted by molar-refractivity contribution is 7.90. The number of aryl methyl sites for hydroxylation is 1. The van der Waals surface area contributed by atoms with Crippen molar-refractivity contribution in [1.82, 2.24) is 19.9 Å². The zero-order valence-electron chi connectivity index (χ0n) is 21.7. The molecule has 40 heavy (non-hydrogen) atoms. The van der Waals surface area contributed by atoms with E-state index in [0.717, 1.165) is 27.9 Å². The average molecular weight is 569 g/mol. The highest BCUT2D eigenvalue weighted by atomic mass is 35.5. The van der Waals surface area contributed by atoms with Crippen LogP contribution in [0.15, 0.2) is 103 Å². The summed E-state index contributed by atoms with van der Waals surface area (Å²) in [6.07, 6.45) is 8.67. The first kappa shape index (κ1) is 27.3. The molecular weight excluding hydrogens is 544 g/mol. The van der Waals surface area contributed by atoms with Gasteiger partial charge in [0.15, 0.2) is 15.6 Å². The van der Waals surface area contributed by atoms with Gasteiger partial charge in [0, 0.05) is 55.0 Å². The van der Waals surface area contributed by atoms with E-state index in [-0.39, 0.29) is 27.9 Å². The Bertz CT molecular complexity index is 1780. The Labute approximate surface area is 237 Å². The lowest BCUT2D eigenvalue weighted by Crippen LogP contribution is -2.08. The van der Waals surface area contributed by atoms with Crippen LogP contribution in [0.3, 0.4) is 0 Å². The molecule has 0 bridgehead atoms. The Morgan fingerprint density at radius 2 is 1.65 bits per heavy atom. The molecule has 3 aromatic heterocycles. The zero-order valence-corrected chi connectivity index (χ0v) is 23.2. The molecule has 0 spiro atoms. The van der Waals surface area contributed by atoms with E-state index in [0.29, 0.717) is 23.4 Å². The van der Waals surface area contributed by atoms with Crippen LogP contribution in [0.25, 0.3) is 11.3 Å². The minimum atomic E-state index is -3.67. The molecule has 0 fully saturated rings. The second kappa shape index (κ2) is 11.9. The number of sulfone groups is 1. The van der Waals surface area contributed by atoms with Crippen LogP contribution in [0.2, 0.25) is 5.02 Å². The van der Waals surface area contributed by atoms with Crippen molar-refractivity contribution in [2.24, 2.45) is 0 Å². The van der Waals surface area contributed by atoms with Crippen molar-refractivity contribution in [2.45, 2.75) is 30.4 Å². The van der Waals surface area contributed by atoms with Crippen molar-refractivity contribution in [3.63, 3.8) is 0 Å². The molecule has 0 atom stereocenters. The van der Waals surface area contributed by atoms with Gasteiger partial charge in [-0.15, -0.1) is 0 Å². The Kier molecular flexibility index (Phi) is 8.09. The SMILES string of the molecule is Cc1ccc(CC(=O)c2ccc(CS(=O)(=O)c3cnccc3Cl)cc2)cc1Cc1nccc(-c2cccnc2)n1. The van der Waals surface area contributed by atoms with Crippen molar-refractivity contribution in [3.05, 3.63) is 136 Å². The van der Waals surface area contributed by atoms with Crippen LogP contribution in [0.5, 0.6) is 0 Å². The van der Waals surface area contributed by atoms with Gasteiger partial charge in [0.1, 0.15) is 10.7 Å². The lowest BCUT2D eigenvalue weighted by molar-refractivity contribution is 0.0993. The van der Waals surface area contributed by atoms with Crippen molar-refractivity contribution >= 4 is 27.2 Å². The Morgan fingerprint density at radius 3 is 2.40 bits per heavy atom. The molecule has 5 rings (SSSR count). The molecule has 9 heteroatoms. The fourth-order valence-corrected chi connectivity index (χ4v) is 6.15. The third kappa shape index (κ3) is 6.47. The quantitative estimate of drug-likeness (QED) is 0.204. The molecule has 2 aromatic carbocycles. The maximum absolute atomic E-state index is 13.1. The largest absolute Gasteiger partial charge is 0.294 e. The summed E-state index contributed by atoms with van der Waals surface area (Å²) < 4.78 is 25.5. The van der Waals surface area contributed by atoms with Gasteiger partial charge in [-0.3, -0.25) is 14.8 Å². The van der Waals surface area contributed by atoms with Gasteiger partial charge in [-0.05, 0) is 53.4 Å². The van der Waals surface area contributed by atoms with E-state index < -0.39 is 9.84 Å². The molecule has 0 aliphatic rings. The predicted molar refractivity (Wildman–Crippen MR) is 154 cm³/mol. The zero-order chi connectivity index (χ0) is 28.1. The van der Waals surface area contributed by atoms with Crippen LogP contribution in [-0.2, 0) is 28.4 Å². The third-order valence-electron chi connectivity index (χ3n) is 6.49. The number of Topliss-reactive ketones (excluding diaryl/α,β-unsaturated/α-hetero) is 1. The molecule has 0 saturated carbocycles. The van der Waals surface area contributed by atoms with Gasteiger partial charge < -0.3 is 0 Å². The topological polar surface area (TPSA) is 103 Å². The van der Waals surface area contributed by atoms with E-state index in [4.69, 9.17) is 16.6 Å². The van der Waals surface area contributed by atoms with Gasteiger partial charge in [-0.1, -0.05) is 54.1 Å². The van der Waals surface area contributed by atoms with Crippen molar-refractivity contribution in [2.75, 3.05) is 0 Å². The van der Waals surface area contributed by atoms with Crippen molar-refractivity contribution in [3.8, 4) is 11.3 Å². The number of hydrogen-bond donors (Lipinski definition) is 0. The number of pyridine rings is 2. The van der Waals surface area contributed by atoms with Crippen molar-refractivity contribution < 1.29 is 13.2 Å². The summed E-state index contributed by atoms with van der Waals surface area (Å²) in [6, 6.07) is 19.7. The lowest BCUT2D eigenvalue weighted by Gasteiger charge is -2.10. The second-order valence-electron chi connectivity index (χ2n) is 9.40. The molecular formula is C31H25ClN4O3S. The van der Waals surface area contributed by atoms with Gasteiger partial charge in [0.2, 0.25) is 0 Å². The summed E-state index contributed by atoms with van der Waals surface area (Å²) in [4.78, 5) is 30.2. The van der Waals surface area contributed by atoms with Crippen LogP contribution < -0.4 is 0 Å². The van der Waals surface area contributed by atoms with Gasteiger partial charge >= 0.3 is 0 Å². The number of halogens is 1. The van der Waals surface area contributed by atoms with Gasteiger partial charge in [0.25, 0.3) is 0 Å². The molecule has 0 radical (unpaired) electrons. The Morgan fingerprint density at radius 1 is 0.875 bits per heavy atom. The van der Waals surface area contributed by atoms with E-state index in [9.17, 15) is 13.2 Å². The van der Waals surface area contributed by atoms with Crippen LogP contribution in [0, 0.1) is 6.92 Å². The molecule has 200 valence electrons. The summed E-state index contributed by atoms with van der Waals surface area (Å²) in [5.74, 6) is 0.388. The van der Waals surface area contributed by atoms with E-state index >= 15 is 0 Å². The molecule has 0 aliphatic carbocycles. The standard InChI is InChI=1S/C31H25ClN4O3S/c1-21-4-5-23(15-26(21)17-31-35-14-11-28(36-31)25-3-2-12-33-18-25)16-29(37)24-8-6-22(7-9-24)20-40(38,39)30-19-34-13-10-27(30)32/h2-15,18-19H,16-17,20H2,1H3. The lowest BCUT2D eigenvalue weighted by atomic mass is 9.97. The number of hydrogen-bond acceptors (Lipinski definition) is 7. The molecule has 5 aromatic rings. The molecule has 3 heterocycles. The molecule has 0 unspecified atom stereocenters. The molecule has 0 aliphatic heterocycles. The highest BCUT2D eigenvalue weighted by Gasteiger charge is 2.19. The smallest absolute Gasteiger partial charge is 0.185 e. The number of carbonyl (C=O) groups is 1. The van der Waals surface area contributed by atoms with Gasteiger partial charge in [-0.2, -0.15) is 0 Å². The predicted octanol–water partition coefficient (Wildman–Crippen LogP) is 5.89. The number of ketones is 1. The van der Waals surface area contributed by atoms with Gasteiger partial charge in [-0.25, -0.2) is 18.4 Å².